The van der Waals surface area contributed by atoms with Crippen LogP contribution in [0.15, 0.2) is 59.8 Å². The number of ketones is 1. The lowest BCUT2D eigenvalue weighted by Crippen LogP contribution is -2.22. The maximum Gasteiger partial charge on any atom is 0.237 e. The highest BCUT2D eigenvalue weighted by Gasteiger charge is 2.19. The van der Waals surface area contributed by atoms with Crippen LogP contribution in [0.3, 0.4) is 0 Å². The van der Waals surface area contributed by atoms with Crippen molar-refractivity contribution < 1.29 is 9.59 Å². The fraction of sp³-hybridized carbons (Fsp3) is 0.200. The molecule has 7 heteroatoms. The average Bonchev–Trinajstić information content (AvgIpc) is 3.03. The first kappa shape index (κ1) is 18.8. The second-order valence-corrected chi connectivity index (χ2v) is 7.42. The zero-order valence-corrected chi connectivity index (χ0v) is 16.2. The van der Waals surface area contributed by atoms with Crippen LogP contribution in [0.4, 0.5) is 5.69 Å². The van der Waals surface area contributed by atoms with E-state index >= 15 is 0 Å². The Morgan fingerprint density at radius 1 is 1.04 bits per heavy atom. The van der Waals surface area contributed by atoms with Crippen molar-refractivity contribution in [2.75, 3.05) is 5.32 Å². The molecule has 1 atom stereocenters. The zero-order valence-electron chi connectivity index (χ0n) is 15.3. The number of Topliss-reactive ketones (excluding diaryl/α,β-unsaturated/α-hetero) is 1. The van der Waals surface area contributed by atoms with Crippen molar-refractivity contribution in [3.05, 3.63) is 60.2 Å². The Balaban J connectivity index is 1.66. The van der Waals surface area contributed by atoms with Crippen LogP contribution < -0.4 is 5.32 Å². The third-order valence-corrected chi connectivity index (χ3v) is 5.21. The predicted molar refractivity (Wildman–Crippen MR) is 107 cm³/mol. The van der Waals surface area contributed by atoms with Crippen LogP contribution in [-0.2, 0) is 11.8 Å². The van der Waals surface area contributed by atoms with Crippen molar-refractivity contribution in [2.24, 2.45) is 7.05 Å². The van der Waals surface area contributed by atoms with Crippen LogP contribution in [0.25, 0.3) is 11.4 Å². The van der Waals surface area contributed by atoms with Gasteiger partial charge in [-0.2, -0.15) is 0 Å². The Bertz CT molecular complexity index is 952. The smallest absolute Gasteiger partial charge is 0.237 e. The van der Waals surface area contributed by atoms with Crippen LogP contribution >= 0.6 is 11.8 Å². The first-order valence-corrected chi connectivity index (χ1v) is 9.37. The van der Waals surface area contributed by atoms with E-state index < -0.39 is 0 Å². The van der Waals surface area contributed by atoms with Crippen LogP contribution in [-0.4, -0.2) is 31.7 Å². The van der Waals surface area contributed by atoms with Gasteiger partial charge in [-0.15, -0.1) is 10.2 Å². The summed E-state index contributed by atoms with van der Waals surface area (Å²) in [5.41, 5.74) is 2.24. The number of carbonyl (C=O) groups excluding carboxylic acids is 2. The van der Waals surface area contributed by atoms with Gasteiger partial charge in [0.05, 0.1) is 5.25 Å². The minimum absolute atomic E-state index is 0.00620. The lowest BCUT2D eigenvalue weighted by molar-refractivity contribution is -0.115. The number of anilines is 1. The second-order valence-electron chi connectivity index (χ2n) is 6.11. The van der Waals surface area contributed by atoms with Gasteiger partial charge in [0.15, 0.2) is 16.8 Å². The molecule has 138 valence electrons. The van der Waals surface area contributed by atoms with Gasteiger partial charge in [-0.3, -0.25) is 9.59 Å². The molecular formula is C20H20N4O2S. The minimum atomic E-state index is -0.357. The molecule has 0 spiro atoms. The highest BCUT2D eigenvalue weighted by molar-refractivity contribution is 8.00. The normalized spacial score (nSPS) is 11.8. The number of amides is 1. The maximum atomic E-state index is 12.5. The second kappa shape index (κ2) is 8.18. The number of hydrogen-bond acceptors (Lipinski definition) is 5. The van der Waals surface area contributed by atoms with Gasteiger partial charge in [-0.25, -0.2) is 0 Å². The van der Waals surface area contributed by atoms with Crippen LogP contribution in [0.1, 0.15) is 24.2 Å². The van der Waals surface area contributed by atoms with Crippen molar-refractivity contribution in [2.45, 2.75) is 24.3 Å². The predicted octanol–water partition coefficient (Wildman–Crippen LogP) is 3.80. The summed E-state index contributed by atoms with van der Waals surface area (Å²) < 4.78 is 1.88. The molecule has 2 aromatic carbocycles. The van der Waals surface area contributed by atoms with E-state index in [1.165, 1.54) is 18.7 Å². The van der Waals surface area contributed by atoms with Gasteiger partial charge in [-0.1, -0.05) is 42.1 Å². The fourth-order valence-electron chi connectivity index (χ4n) is 2.50. The van der Waals surface area contributed by atoms with Gasteiger partial charge >= 0.3 is 0 Å². The number of nitrogens with one attached hydrogen (secondary N) is 1. The molecule has 0 radical (unpaired) electrons. The van der Waals surface area contributed by atoms with E-state index in [9.17, 15) is 9.59 Å². The SMILES string of the molecule is CC(=O)c1ccc(NC(=O)C(C)Sc2nnc(-c3ccccc3)n2C)cc1. The molecule has 1 heterocycles. The van der Waals surface area contributed by atoms with Gasteiger partial charge in [-0.05, 0) is 38.1 Å². The molecule has 1 unspecified atom stereocenters. The van der Waals surface area contributed by atoms with Crippen molar-refractivity contribution in [1.82, 2.24) is 14.8 Å². The number of hydrogen-bond donors (Lipinski definition) is 1. The minimum Gasteiger partial charge on any atom is -0.325 e. The summed E-state index contributed by atoms with van der Waals surface area (Å²) in [4.78, 5) is 23.8. The molecular weight excluding hydrogens is 360 g/mol. The Labute approximate surface area is 162 Å². The third kappa shape index (κ3) is 4.43. The molecule has 0 saturated carbocycles. The van der Waals surface area contributed by atoms with E-state index in [0.717, 1.165) is 11.4 Å². The lowest BCUT2D eigenvalue weighted by Gasteiger charge is -2.12. The fourth-order valence-corrected chi connectivity index (χ4v) is 3.31. The lowest BCUT2D eigenvalue weighted by atomic mass is 10.1. The average molecular weight is 380 g/mol. The summed E-state index contributed by atoms with van der Waals surface area (Å²) in [7, 11) is 1.88. The number of benzene rings is 2. The van der Waals surface area contributed by atoms with E-state index in [2.05, 4.69) is 15.5 Å². The molecule has 1 N–H and O–H groups in total. The summed E-state index contributed by atoms with van der Waals surface area (Å²) in [5.74, 6) is 0.610. The van der Waals surface area contributed by atoms with Gasteiger partial charge in [0.2, 0.25) is 5.91 Å². The Morgan fingerprint density at radius 3 is 2.33 bits per heavy atom. The van der Waals surface area contributed by atoms with Crippen LogP contribution in [0, 0.1) is 0 Å². The van der Waals surface area contributed by atoms with E-state index in [1.807, 2.05) is 48.9 Å². The van der Waals surface area contributed by atoms with Crippen molar-refractivity contribution in [1.29, 1.82) is 0 Å². The van der Waals surface area contributed by atoms with Crippen molar-refractivity contribution >= 4 is 29.1 Å². The number of rotatable bonds is 6. The molecule has 6 nitrogen and oxygen atoms in total. The van der Waals surface area contributed by atoms with Gasteiger partial charge in [0, 0.05) is 23.9 Å². The standard InChI is InChI=1S/C20H20N4O2S/c1-13(25)15-9-11-17(12-10-15)21-19(26)14(2)27-20-23-22-18(24(20)3)16-7-5-4-6-8-16/h4-12,14H,1-3H3,(H,21,26). The number of thioether (sulfide) groups is 1. The molecule has 0 saturated heterocycles. The van der Waals surface area contributed by atoms with E-state index in [0.29, 0.717) is 16.4 Å². The Kier molecular flexibility index (Phi) is 5.71. The number of aromatic nitrogens is 3. The molecule has 1 amide bonds. The maximum absolute atomic E-state index is 12.5. The quantitative estimate of drug-likeness (QED) is 0.520. The summed E-state index contributed by atoms with van der Waals surface area (Å²) in [6.45, 7) is 3.33. The third-order valence-electron chi connectivity index (χ3n) is 4.08. The summed E-state index contributed by atoms with van der Waals surface area (Å²) >= 11 is 1.34. The van der Waals surface area contributed by atoms with E-state index in [1.54, 1.807) is 24.3 Å². The summed E-state index contributed by atoms with van der Waals surface area (Å²) in [5, 5.41) is 11.6. The van der Waals surface area contributed by atoms with Gasteiger partial charge in [0.25, 0.3) is 0 Å². The van der Waals surface area contributed by atoms with E-state index in [4.69, 9.17) is 0 Å². The topological polar surface area (TPSA) is 76.9 Å². The highest BCUT2D eigenvalue weighted by Crippen LogP contribution is 2.26. The molecule has 0 bridgehead atoms. The molecule has 27 heavy (non-hydrogen) atoms. The van der Waals surface area contributed by atoms with Crippen LogP contribution in [0.2, 0.25) is 0 Å². The van der Waals surface area contributed by atoms with Crippen molar-refractivity contribution in [3.8, 4) is 11.4 Å². The largest absolute Gasteiger partial charge is 0.325 e. The molecule has 0 aliphatic carbocycles. The number of carbonyl (C=O) groups is 2. The first-order valence-electron chi connectivity index (χ1n) is 8.49. The zero-order chi connectivity index (χ0) is 19.4. The van der Waals surface area contributed by atoms with Gasteiger partial charge in [0.1, 0.15) is 0 Å². The Hall–Kier alpha value is -2.93. The Morgan fingerprint density at radius 2 is 1.70 bits per heavy atom. The monoisotopic (exact) mass is 380 g/mol. The van der Waals surface area contributed by atoms with E-state index in [-0.39, 0.29) is 16.9 Å². The molecule has 1 aromatic heterocycles. The molecule has 0 fully saturated rings. The summed E-state index contributed by atoms with van der Waals surface area (Å²) in [6, 6.07) is 16.6. The highest BCUT2D eigenvalue weighted by atomic mass is 32.2. The number of nitrogens with zero attached hydrogens (tertiary/aromatic N) is 3. The molecule has 0 aliphatic rings. The molecule has 3 aromatic rings. The first-order chi connectivity index (χ1) is 13.0. The van der Waals surface area contributed by atoms with Gasteiger partial charge < -0.3 is 9.88 Å². The molecule has 0 aliphatic heterocycles. The van der Waals surface area contributed by atoms with Crippen molar-refractivity contribution in [3.63, 3.8) is 0 Å². The van der Waals surface area contributed by atoms with Crippen LogP contribution in [0.5, 0.6) is 0 Å². The molecule has 3 rings (SSSR count). The summed E-state index contributed by atoms with van der Waals surface area (Å²) in [6.07, 6.45) is 0.